The van der Waals surface area contributed by atoms with Gasteiger partial charge in [0, 0.05) is 0 Å². The molecule has 7 nitrogen and oxygen atoms in total. The molecule has 5 rings (SSSR count). The molecule has 1 aliphatic heterocycles. The first-order valence-electron chi connectivity index (χ1n) is 9.23. The number of amides is 3. The number of nitrogens with one attached hydrogen (secondary N) is 1. The number of allylic oxidation sites excluding steroid dienone is 2. The topological polar surface area (TPSA) is 92.3 Å². The van der Waals surface area contributed by atoms with Crippen LogP contribution >= 0.6 is 11.3 Å². The van der Waals surface area contributed by atoms with Crippen LogP contribution in [0.15, 0.2) is 12.2 Å². The molecule has 26 heavy (non-hydrogen) atoms. The Hall–Kier alpha value is -2.09. The number of likely N-dealkylation sites (tertiary alicyclic amines) is 1. The lowest BCUT2D eigenvalue weighted by Crippen LogP contribution is -2.47. The number of rotatable bonds is 5. The van der Waals surface area contributed by atoms with Crippen molar-refractivity contribution in [3.05, 3.63) is 17.2 Å². The van der Waals surface area contributed by atoms with Gasteiger partial charge in [-0.3, -0.25) is 24.6 Å². The van der Waals surface area contributed by atoms with E-state index in [-0.39, 0.29) is 41.4 Å². The molecule has 2 bridgehead atoms. The molecule has 4 aliphatic rings. The second kappa shape index (κ2) is 6.57. The fraction of sp³-hybridized carbons (Fsp3) is 0.611. The molecule has 2 heterocycles. The SMILES string of the molecule is CCc1nnc(NC(=O)[C@H](CC)N2C(=O)[C@H]3[C@H](C2=O)[C@H]2C=C[C@H]3CC2)s1. The maximum absolute atomic E-state index is 13.0. The van der Waals surface area contributed by atoms with Gasteiger partial charge in [0.15, 0.2) is 0 Å². The summed E-state index contributed by atoms with van der Waals surface area (Å²) in [5.41, 5.74) is 0. The minimum Gasteiger partial charge on any atom is -0.299 e. The summed E-state index contributed by atoms with van der Waals surface area (Å²) in [6, 6.07) is -0.797. The lowest BCUT2D eigenvalue weighted by atomic mass is 9.63. The Labute approximate surface area is 155 Å². The Morgan fingerprint density at radius 1 is 1.19 bits per heavy atom. The molecule has 2 fully saturated rings. The van der Waals surface area contributed by atoms with Crippen molar-refractivity contribution in [1.29, 1.82) is 0 Å². The molecule has 8 heteroatoms. The summed E-state index contributed by atoms with van der Waals surface area (Å²) in [6.07, 6.45) is 7.18. The van der Waals surface area contributed by atoms with E-state index >= 15 is 0 Å². The minimum absolute atomic E-state index is 0.127. The van der Waals surface area contributed by atoms with Crippen molar-refractivity contribution in [2.45, 2.75) is 45.6 Å². The summed E-state index contributed by atoms with van der Waals surface area (Å²) in [5, 5.41) is 11.9. The van der Waals surface area contributed by atoms with Gasteiger partial charge in [-0.25, -0.2) is 0 Å². The highest BCUT2D eigenvalue weighted by Gasteiger charge is 2.58. The van der Waals surface area contributed by atoms with Crippen LogP contribution in [-0.2, 0) is 20.8 Å². The number of nitrogens with zero attached hydrogens (tertiary/aromatic N) is 3. The summed E-state index contributed by atoms with van der Waals surface area (Å²) in [5.74, 6) is -1.07. The number of hydrogen-bond donors (Lipinski definition) is 1. The van der Waals surface area contributed by atoms with Crippen molar-refractivity contribution in [1.82, 2.24) is 15.1 Å². The van der Waals surface area contributed by atoms with E-state index in [4.69, 9.17) is 0 Å². The molecular weight excluding hydrogens is 352 g/mol. The molecule has 3 amide bonds. The lowest BCUT2D eigenvalue weighted by Gasteiger charge is -2.38. The molecule has 1 aromatic rings. The molecule has 1 saturated carbocycles. The van der Waals surface area contributed by atoms with Crippen LogP contribution in [0.2, 0.25) is 0 Å². The minimum atomic E-state index is -0.797. The smallest absolute Gasteiger partial charge is 0.249 e. The van der Waals surface area contributed by atoms with E-state index < -0.39 is 6.04 Å². The highest BCUT2D eigenvalue weighted by molar-refractivity contribution is 7.15. The van der Waals surface area contributed by atoms with Crippen molar-refractivity contribution in [2.24, 2.45) is 23.7 Å². The molecule has 0 aromatic carbocycles. The molecule has 0 unspecified atom stereocenters. The standard InChI is InChI=1S/C18H22N4O3S/c1-3-11(15(23)19-18-21-20-12(4-2)26-18)22-16(24)13-9-5-6-10(8-7-9)14(13)17(22)25/h5-6,9-11,13-14H,3-4,7-8H2,1-2H3,(H,19,21,23)/t9-,10-,11-,13+,14+/m0/s1. The highest BCUT2D eigenvalue weighted by Crippen LogP contribution is 2.50. The maximum Gasteiger partial charge on any atom is 0.249 e. The predicted molar refractivity (Wildman–Crippen MR) is 96.2 cm³/mol. The van der Waals surface area contributed by atoms with Crippen LogP contribution in [0.1, 0.15) is 38.1 Å². The number of hydrogen-bond acceptors (Lipinski definition) is 6. The third kappa shape index (κ3) is 2.58. The second-order valence-corrected chi connectivity index (χ2v) is 8.22. The molecule has 1 N–H and O–H groups in total. The van der Waals surface area contributed by atoms with Crippen molar-refractivity contribution < 1.29 is 14.4 Å². The second-order valence-electron chi connectivity index (χ2n) is 7.16. The number of anilines is 1. The Morgan fingerprint density at radius 3 is 2.27 bits per heavy atom. The molecule has 0 spiro atoms. The summed E-state index contributed by atoms with van der Waals surface area (Å²) < 4.78 is 0. The van der Waals surface area contributed by atoms with Gasteiger partial charge in [-0.05, 0) is 37.5 Å². The summed E-state index contributed by atoms with van der Waals surface area (Å²) in [7, 11) is 0. The molecule has 1 aromatic heterocycles. The Morgan fingerprint density at radius 2 is 1.81 bits per heavy atom. The van der Waals surface area contributed by atoms with Crippen LogP contribution in [0, 0.1) is 23.7 Å². The quantitative estimate of drug-likeness (QED) is 0.629. The van der Waals surface area contributed by atoms with Gasteiger partial charge < -0.3 is 0 Å². The first-order chi connectivity index (χ1) is 12.5. The fourth-order valence-corrected chi connectivity index (χ4v) is 5.21. The van der Waals surface area contributed by atoms with Gasteiger partial charge in [0.05, 0.1) is 11.8 Å². The third-order valence-corrected chi connectivity index (χ3v) is 6.78. The van der Waals surface area contributed by atoms with Crippen molar-refractivity contribution >= 4 is 34.2 Å². The van der Waals surface area contributed by atoms with E-state index in [9.17, 15) is 14.4 Å². The summed E-state index contributed by atoms with van der Waals surface area (Å²) in [4.78, 5) is 40.0. The third-order valence-electron chi connectivity index (χ3n) is 5.79. The van der Waals surface area contributed by atoms with Crippen molar-refractivity contribution in [2.75, 3.05) is 5.32 Å². The van der Waals surface area contributed by atoms with Gasteiger partial charge >= 0.3 is 0 Å². The van der Waals surface area contributed by atoms with Crippen LogP contribution < -0.4 is 5.32 Å². The zero-order valence-corrected chi connectivity index (χ0v) is 15.7. The van der Waals surface area contributed by atoms with Crippen LogP contribution in [0.25, 0.3) is 0 Å². The molecule has 1 saturated heterocycles. The Kier molecular flexibility index (Phi) is 4.38. The van der Waals surface area contributed by atoms with Crippen LogP contribution in [-0.4, -0.2) is 38.9 Å². The Balaban J connectivity index is 1.55. The van der Waals surface area contributed by atoms with Crippen LogP contribution in [0.5, 0.6) is 0 Å². The van der Waals surface area contributed by atoms with Crippen molar-refractivity contribution in [3.63, 3.8) is 0 Å². The number of carbonyl (C=O) groups is 3. The normalized spacial score (nSPS) is 30.6. The first kappa shape index (κ1) is 17.3. The maximum atomic E-state index is 13.0. The van der Waals surface area contributed by atoms with Gasteiger partial charge in [0.25, 0.3) is 0 Å². The molecule has 0 radical (unpaired) electrons. The predicted octanol–water partition coefficient (Wildman–Crippen LogP) is 2.01. The van der Waals surface area contributed by atoms with E-state index in [1.165, 1.54) is 16.2 Å². The lowest BCUT2D eigenvalue weighted by molar-refractivity contribution is -0.146. The summed E-state index contributed by atoms with van der Waals surface area (Å²) >= 11 is 1.31. The fourth-order valence-electron chi connectivity index (χ4n) is 4.53. The van der Waals surface area contributed by atoms with Crippen LogP contribution in [0.3, 0.4) is 0 Å². The number of carbonyl (C=O) groups excluding carboxylic acids is 3. The monoisotopic (exact) mass is 374 g/mol. The van der Waals surface area contributed by atoms with E-state index in [0.717, 1.165) is 24.3 Å². The number of aromatic nitrogens is 2. The summed E-state index contributed by atoms with van der Waals surface area (Å²) in [6.45, 7) is 3.78. The van der Waals surface area contributed by atoms with Gasteiger partial charge in [-0.1, -0.05) is 37.3 Å². The van der Waals surface area contributed by atoms with Gasteiger partial charge in [-0.2, -0.15) is 0 Å². The average molecular weight is 374 g/mol. The largest absolute Gasteiger partial charge is 0.299 e. The van der Waals surface area contributed by atoms with E-state index in [0.29, 0.717) is 11.6 Å². The highest BCUT2D eigenvalue weighted by atomic mass is 32.1. The molecule has 3 aliphatic carbocycles. The van der Waals surface area contributed by atoms with Gasteiger partial charge in [0.1, 0.15) is 11.0 Å². The molecule has 5 atom stereocenters. The molecule has 138 valence electrons. The van der Waals surface area contributed by atoms with E-state index in [1.807, 2.05) is 13.8 Å². The van der Waals surface area contributed by atoms with E-state index in [1.54, 1.807) is 0 Å². The average Bonchev–Trinajstić information content (AvgIpc) is 3.22. The van der Waals surface area contributed by atoms with Crippen LogP contribution in [0.4, 0.5) is 5.13 Å². The van der Waals surface area contributed by atoms with Gasteiger partial charge in [0.2, 0.25) is 22.9 Å². The van der Waals surface area contributed by atoms with Crippen molar-refractivity contribution in [3.8, 4) is 0 Å². The van der Waals surface area contributed by atoms with E-state index in [2.05, 4.69) is 27.7 Å². The first-order valence-corrected chi connectivity index (χ1v) is 10.0. The zero-order valence-electron chi connectivity index (χ0n) is 14.8. The van der Waals surface area contributed by atoms with Gasteiger partial charge in [-0.15, -0.1) is 10.2 Å². The molecular formula is C18H22N4O3S. The number of aryl methyl sites for hydroxylation is 1. The zero-order chi connectivity index (χ0) is 18.4. The number of imide groups is 1. The Bertz CT molecular complexity index is 757. The number of fused-ring (bicyclic) bond motifs is 1.